The highest BCUT2D eigenvalue weighted by Crippen LogP contribution is 2.24. The van der Waals surface area contributed by atoms with Crippen molar-refractivity contribution in [2.45, 2.75) is 43.9 Å². The first kappa shape index (κ1) is 15.6. The highest BCUT2D eigenvalue weighted by molar-refractivity contribution is 7.99. The van der Waals surface area contributed by atoms with Gasteiger partial charge in [-0.25, -0.2) is 0 Å². The number of carbonyl (C=O) groups is 1. The van der Waals surface area contributed by atoms with Crippen LogP contribution >= 0.6 is 11.8 Å². The molecule has 4 heterocycles. The average Bonchev–Trinajstić information content (AvgIpc) is 2.94. The lowest BCUT2D eigenvalue weighted by atomic mass is 10.1. The summed E-state index contributed by atoms with van der Waals surface area (Å²) in [7, 11) is 0. The molecule has 0 N–H and O–H groups in total. The number of fused-ring (bicyclic) bond motifs is 4. The van der Waals surface area contributed by atoms with Gasteiger partial charge in [0.2, 0.25) is 5.91 Å². The monoisotopic (exact) mass is 311 g/mol. The summed E-state index contributed by atoms with van der Waals surface area (Å²) >= 11 is 2.03. The van der Waals surface area contributed by atoms with E-state index >= 15 is 0 Å². The van der Waals surface area contributed by atoms with Crippen LogP contribution in [0.1, 0.15) is 32.6 Å². The number of carbonyl (C=O) groups excluding carboxylic acids is 1. The second-order valence-electron chi connectivity index (χ2n) is 6.56. The Morgan fingerprint density at radius 2 is 1.95 bits per heavy atom. The van der Waals surface area contributed by atoms with Crippen LogP contribution in [0.3, 0.4) is 0 Å². The van der Waals surface area contributed by atoms with Gasteiger partial charge < -0.3 is 4.90 Å². The van der Waals surface area contributed by atoms with E-state index < -0.39 is 0 Å². The molecule has 0 aromatic carbocycles. The molecule has 120 valence electrons. The van der Waals surface area contributed by atoms with Crippen molar-refractivity contribution < 1.29 is 4.79 Å². The van der Waals surface area contributed by atoms with Gasteiger partial charge in [0.1, 0.15) is 6.04 Å². The predicted molar refractivity (Wildman–Crippen MR) is 88.8 cm³/mol. The van der Waals surface area contributed by atoms with Crippen molar-refractivity contribution in [2.24, 2.45) is 0 Å². The van der Waals surface area contributed by atoms with Crippen molar-refractivity contribution >= 4 is 17.7 Å². The molecular formula is C16H29N3OS. The molecule has 4 aliphatic rings. The summed E-state index contributed by atoms with van der Waals surface area (Å²) < 4.78 is 0. The molecule has 4 aliphatic heterocycles. The maximum absolute atomic E-state index is 13.0. The number of nitrogens with zero attached hydrogens (tertiary/aromatic N) is 3. The number of likely N-dealkylation sites (tertiary alicyclic amines) is 1. The summed E-state index contributed by atoms with van der Waals surface area (Å²) in [6.07, 6.45) is 4.96. The first-order valence-electron chi connectivity index (χ1n) is 8.64. The van der Waals surface area contributed by atoms with Crippen LogP contribution in [0.25, 0.3) is 0 Å². The molecule has 1 amide bonds. The SMILES string of the molecule is CCS[C@@H]1CCCCN(C(=O)[C@H]2CN3CCCN2CC3)C1. The van der Waals surface area contributed by atoms with Crippen molar-refractivity contribution in [3.8, 4) is 0 Å². The highest BCUT2D eigenvalue weighted by atomic mass is 32.2. The van der Waals surface area contributed by atoms with Crippen molar-refractivity contribution in [1.82, 2.24) is 14.7 Å². The number of hydrogen-bond acceptors (Lipinski definition) is 4. The molecule has 4 rings (SSSR count). The van der Waals surface area contributed by atoms with Crippen LogP contribution in [0.15, 0.2) is 0 Å². The van der Waals surface area contributed by atoms with E-state index in [1.54, 1.807) is 0 Å². The Morgan fingerprint density at radius 3 is 2.81 bits per heavy atom. The number of piperazine rings is 1. The zero-order valence-corrected chi connectivity index (χ0v) is 14.1. The quantitative estimate of drug-likeness (QED) is 0.789. The highest BCUT2D eigenvalue weighted by Gasteiger charge is 2.37. The van der Waals surface area contributed by atoms with E-state index in [1.165, 1.54) is 32.2 Å². The first-order valence-corrected chi connectivity index (χ1v) is 9.69. The summed E-state index contributed by atoms with van der Waals surface area (Å²) in [5.74, 6) is 1.57. The fraction of sp³-hybridized carbons (Fsp3) is 0.938. The average molecular weight is 311 g/mol. The normalized spacial score (nSPS) is 37.1. The van der Waals surface area contributed by atoms with E-state index in [-0.39, 0.29) is 6.04 Å². The molecule has 0 aromatic heterocycles. The molecule has 0 spiro atoms. The third-order valence-electron chi connectivity index (χ3n) is 5.12. The van der Waals surface area contributed by atoms with Crippen LogP contribution < -0.4 is 0 Å². The van der Waals surface area contributed by atoms with Gasteiger partial charge in [-0.1, -0.05) is 13.3 Å². The minimum absolute atomic E-state index is 0.131. The van der Waals surface area contributed by atoms with E-state index in [0.29, 0.717) is 11.2 Å². The number of hydrogen-bond donors (Lipinski definition) is 0. The zero-order chi connectivity index (χ0) is 14.7. The number of rotatable bonds is 3. The van der Waals surface area contributed by atoms with Crippen LogP contribution in [0.4, 0.5) is 0 Å². The van der Waals surface area contributed by atoms with Gasteiger partial charge in [-0.2, -0.15) is 11.8 Å². The topological polar surface area (TPSA) is 26.8 Å². The zero-order valence-electron chi connectivity index (χ0n) is 13.3. The molecule has 0 radical (unpaired) electrons. The summed E-state index contributed by atoms with van der Waals surface area (Å²) in [5, 5.41) is 0.653. The molecule has 4 atom stereocenters. The number of thioether (sulfide) groups is 1. The molecule has 4 fully saturated rings. The van der Waals surface area contributed by atoms with E-state index in [2.05, 4.69) is 21.6 Å². The van der Waals surface area contributed by atoms with Gasteiger partial charge in [0.25, 0.3) is 0 Å². The van der Waals surface area contributed by atoms with Crippen LogP contribution in [-0.4, -0.2) is 83.5 Å². The van der Waals surface area contributed by atoms with Crippen LogP contribution in [0, 0.1) is 0 Å². The molecule has 0 aliphatic carbocycles. The Labute approximate surface area is 133 Å². The van der Waals surface area contributed by atoms with E-state index in [4.69, 9.17) is 0 Å². The molecule has 0 aromatic rings. The van der Waals surface area contributed by atoms with Gasteiger partial charge >= 0.3 is 0 Å². The molecule has 4 nitrogen and oxygen atoms in total. The third kappa shape index (κ3) is 3.74. The molecule has 5 heteroatoms. The minimum Gasteiger partial charge on any atom is -0.340 e. The van der Waals surface area contributed by atoms with Crippen molar-refractivity contribution in [2.75, 3.05) is 51.6 Å². The van der Waals surface area contributed by atoms with Crippen molar-refractivity contribution in [1.29, 1.82) is 0 Å². The van der Waals surface area contributed by atoms with Crippen LogP contribution in [-0.2, 0) is 4.79 Å². The van der Waals surface area contributed by atoms with Crippen molar-refractivity contribution in [3.63, 3.8) is 0 Å². The van der Waals surface area contributed by atoms with Crippen molar-refractivity contribution in [3.05, 3.63) is 0 Å². The molecule has 2 unspecified atom stereocenters. The lowest BCUT2D eigenvalue weighted by Crippen LogP contribution is -2.58. The Balaban J connectivity index is 1.65. The minimum atomic E-state index is 0.131. The summed E-state index contributed by atoms with van der Waals surface area (Å²) in [6, 6.07) is 0.131. The van der Waals surface area contributed by atoms with E-state index in [0.717, 1.165) is 45.0 Å². The maximum Gasteiger partial charge on any atom is 0.241 e. The predicted octanol–water partition coefficient (Wildman–Crippen LogP) is 1.51. The second-order valence-corrected chi connectivity index (χ2v) is 8.14. The largest absolute Gasteiger partial charge is 0.340 e. The maximum atomic E-state index is 13.0. The van der Waals surface area contributed by atoms with Crippen LogP contribution in [0.2, 0.25) is 0 Å². The lowest BCUT2D eigenvalue weighted by Gasteiger charge is -2.39. The Hall–Kier alpha value is -0.260. The first-order chi connectivity index (χ1) is 10.3. The summed E-state index contributed by atoms with van der Waals surface area (Å²) in [5.41, 5.74) is 0. The van der Waals surface area contributed by atoms with Gasteiger partial charge in [0, 0.05) is 44.5 Å². The Bertz CT molecular complexity index is 361. The second kappa shape index (κ2) is 7.34. The smallest absolute Gasteiger partial charge is 0.241 e. The summed E-state index contributed by atoms with van der Waals surface area (Å²) in [4.78, 5) is 20.2. The van der Waals surface area contributed by atoms with Gasteiger partial charge in [-0.3, -0.25) is 14.6 Å². The third-order valence-corrected chi connectivity index (χ3v) is 6.31. The standard InChI is InChI=1S/C16H29N3OS/c1-2-21-14-6-3-4-8-19(12-14)16(20)15-13-17-7-5-9-18(15)11-10-17/h14-15H,2-13H2,1H3/t14-,15-/m1/s1. The lowest BCUT2D eigenvalue weighted by molar-refractivity contribution is -0.138. The fourth-order valence-electron chi connectivity index (χ4n) is 3.97. The van der Waals surface area contributed by atoms with E-state index in [1.807, 2.05) is 11.8 Å². The molecule has 2 bridgehead atoms. The molecule has 21 heavy (non-hydrogen) atoms. The summed E-state index contributed by atoms with van der Waals surface area (Å²) in [6.45, 7) is 9.65. The van der Waals surface area contributed by atoms with E-state index in [9.17, 15) is 4.79 Å². The fourth-order valence-corrected chi connectivity index (χ4v) is 5.06. The van der Waals surface area contributed by atoms with Gasteiger partial charge in [0.15, 0.2) is 0 Å². The van der Waals surface area contributed by atoms with Gasteiger partial charge in [-0.15, -0.1) is 0 Å². The molecule has 0 saturated carbocycles. The Kier molecular flexibility index (Phi) is 5.46. The number of amides is 1. The Morgan fingerprint density at radius 1 is 1.05 bits per heavy atom. The molecular weight excluding hydrogens is 282 g/mol. The molecule has 4 saturated heterocycles. The van der Waals surface area contributed by atoms with Gasteiger partial charge in [-0.05, 0) is 31.6 Å². The van der Waals surface area contributed by atoms with Crippen LogP contribution in [0.5, 0.6) is 0 Å². The van der Waals surface area contributed by atoms with Gasteiger partial charge in [0.05, 0.1) is 0 Å².